The maximum atomic E-state index is 14.2. The molecule has 7 rings (SSSR count). The molecule has 0 radical (unpaired) electrons. The number of carboxylic acids is 1. The highest BCUT2D eigenvalue weighted by atomic mass is 19.1. The normalized spacial score (nSPS) is 13.5. The summed E-state index contributed by atoms with van der Waals surface area (Å²) in [5.41, 5.74) is 6.90. The van der Waals surface area contributed by atoms with Crippen molar-refractivity contribution >= 4 is 22.8 Å². The van der Waals surface area contributed by atoms with Crippen molar-refractivity contribution in [1.29, 1.82) is 0 Å². The second kappa shape index (κ2) is 11.0. The standard InChI is InChI=1S/C38H29FN2O3/c39-33-15-11-27(12-16-33)31-22-30-17-20-41(24-25-5-4-8-29(21-25)26-6-2-1-3-7-26)35(30)34(23-31)36(42)40-38(18-19-38)32-13-9-28(10-14-32)37(43)44/h1-17,20-23H,18-19,24H2,(H,40,42)(H,43,44). The van der Waals surface area contributed by atoms with Gasteiger partial charge in [-0.15, -0.1) is 0 Å². The Kier molecular flexibility index (Phi) is 6.82. The fourth-order valence-electron chi connectivity index (χ4n) is 5.97. The maximum Gasteiger partial charge on any atom is 0.335 e. The van der Waals surface area contributed by atoms with E-state index in [0.717, 1.165) is 57.1 Å². The second-order valence-electron chi connectivity index (χ2n) is 11.4. The molecule has 0 atom stereocenters. The van der Waals surface area contributed by atoms with Crippen LogP contribution in [0.5, 0.6) is 0 Å². The average molecular weight is 581 g/mol. The third kappa shape index (κ3) is 5.26. The van der Waals surface area contributed by atoms with Crippen LogP contribution < -0.4 is 5.32 Å². The van der Waals surface area contributed by atoms with Gasteiger partial charge >= 0.3 is 5.97 Å². The SMILES string of the molecule is O=C(O)c1ccc(C2(NC(=O)c3cc(-c4ccc(F)cc4)cc4ccn(Cc5cccc(-c6ccccc6)c5)c34)CC2)cc1. The smallest absolute Gasteiger partial charge is 0.335 e. The largest absolute Gasteiger partial charge is 0.478 e. The van der Waals surface area contributed by atoms with Gasteiger partial charge in [0.25, 0.3) is 5.91 Å². The molecule has 1 aliphatic rings. The first-order valence-corrected chi connectivity index (χ1v) is 14.6. The molecular weight excluding hydrogens is 551 g/mol. The van der Waals surface area contributed by atoms with Crippen molar-refractivity contribution in [3.63, 3.8) is 0 Å². The maximum absolute atomic E-state index is 14.2. The average Bonchev–Trinajstić information content (AvgIpc) is 3.73. The van der Waals surface area contributed by atoms with Gasteiger partial charge < -0.3 is 15.0 Å². The molecule has 44 heavy (non-hydrogen) atoms. The Hall–Kier alpha value is -5.49. The van der Waals surface area contributed by atoms with E-state index in [2.05, 4.69) is 46.3 Å². The van der Waals surface area contributed by atoms with Gasteiger partial charge in [0.15, 0.2) is 0 Å². The molecule has 1 amide bonds. The number of carboxylic acid groups (broad SMARTS) is 1. The first kappa shape index (κ1) is 27.3. The Morgan fingerprint density at radius 2 is 1.45 bits per heavy atom. The van der Waals surface area contributed by atoms with E-state index in [1.54, 1.807) is 36.4 Å². The first-order chi connectivity index (χ1) is 21.4. The summed E-state index contributed by atoms with van der Waals surface area (Å²) < 4.78 is 15.8. The van der Waals surface area contributed by atoms with Crippen LogP contribution >= 0.6 is 0 Å². The number of fused-ring (bicyclic) bond motifs is 1. The Balaban J connectivity index is 1.28. The zero-order valence-electron chi connectivity index (χ0n) is 23.8. The minimum Gasteiger partial charge on any atom is -0.478 e. The Morgan fingerprint density at radius 1 is 0.750 bits per heavy atom. The summed E-state index contributed by atoms with van der Waals surface area (Å²) >= 11 is 0. The van der Waals surface area contributed by atoms with Crippen LogP contribution in [0.4, 0.5) is 4.39 Å². The Labute approximate surface area is 254 Å². The molecule has 1 saturated carbocycles. The molecule has 6 aromatic rings. The summed E-state index contributed by atoms with van der Waals surface area (Å²) in [5.74, 6) is -1.52. The predicted octanol–water partition coefficient (Wildman–Crippen LogP) is 8.28. The summed E-state index contributed by atoms with van der Waals surface area (Å²) in [5, 5.41) is 13.5. The van der Waals surface area contributed by atoms with E-state index < -0.39 is 11.5 Å². The summed E-state index contributed by atoms with van der Waals surface area (Å²) in [7, 11) is 0. The monoisotopic (exact) mass is 580 g/mol. The van der Waals surface area contributed by atoms with Crippen molar-refractivity contribution in [2.45, 2.75) is 24.9 Å². The summed E-state index contributed by atoms with van der Waals surface area (Å²) in [6, 6.07) is 37.6. The third-order valence-electron chi connectivity index (χ3n) is 8.46. The quantitative estimate of drug-likeness (QED) is 0.190. The molecule has 2 N–H and O–H groups in total. The highest BCUT2D eigenvalue weighted by Crippen LogP contribution is 2.46. The number of hydrogen-bond donors (Lipinski definition) is 2. The number of aromatic carboxylic acids is 1. The second-order valence-corrected chi connectivity index (χ2v) is 11.4. The van der Waals surface area contributed by atoms with Crippen molar-refractivity contribution in [3.8, 4) is 22.3 Å². The number of nitrogens with zero attached hydrogens (tertiary/aromatic N) is 1. The number of carbonyl (C=O) groups excluding carboxylic acids is 1. The summed E-state index contributed by atoms with van der Waals surface area (Å²) in [4.78, 5) is 25.5. The van der Waals surface area contributed by atoms with Gasteiger partial charge in [0.05, 0.1) is 22.2 Å². The number of aromatic nitrogens is 1. The highest BCUT2D eigenvalue weighted by molar-refractivity contribution is 6.08. The van der Waals surface area contributed by atoms with E-state index >= 15 is 0 Å². The molecule has 5 nitrogen and oxygen atoms in total. The summed E-state index contributed by atoms with van der Waals surface area (Å²) in [6.07, 6.45) is 3.53. The molecule has 1 fully saturated rings. The molecule has 5 aromatic carbocycles. The van der Waals surface area contributed by atoms with Crippen molar-refractivity contribution in [2.75, 3.05) is 0 Å². The van der Waals surface area contributed by atoms with Crippen molar-refractivity contribution in [3.05, 3.63) is 156 Å². The number of carbonyl (C=O) groups is 2. The van der Waals surface area contributed by atoms with Gasteiger partial charge in [0.2, 0.25) is 0 Å². The van der Waals surface area contributed by atoms with Crippen LogP contribution in [0.1, 0.15) is 44.7 Å². The highest BCUT2D eigenvalue weighted by Gasteiger charge is 2.46. The van der Waals surface area contributed by atoms with E-state index in [-0.39, 0.29) is 17.3 Å². The van der Waals surface area contributed by atoms with Crippen molar-refractivity contribution in [1.82, 2.24) is 9.88 Å². The van der Waals surface area contributed by atoms with Crippen LogP contribution in [0.3, 0.4) is 0 Å². The fourth-order valence-corrected chi connectivity index (χ4v) is 5.97. The fraction of sp³-hybridized carbons (Fsp3) is 0.105. The van der Waals surface area contributed by atoms with Gasteiger partial charge in [-0.3, -0.25) is 4.79 Å². The number of benzene rings is 5. The van der Waals surface area contributed by atoms with Gasteiger partial charge in [-0.2, -0.15) is 0 Å². The molecule has 0 saturated heterocycles. The van der Waals surface area contributed by atoms with Gasteiger partial charge in [-0.25, -0.2) is 9.18 Å². The molecule has 0 spiro atoms. The molecule has 6 heteroatoms. The molecule has 0 bridgehead atoms. The van der Waals surface area contributed by atoms with Gasteiger partial charge in [-0.05, 0) is 94.8 Å². The minimum atomic E-state index is -0.986. The Bertz CT molecular complexity index is 2010. The van der Waals surface area contributed by atoms with Gasteiger partial charge in [-0.1, -0.05) is 72.8 Å². The molecule has 0 unspecified atom stereocenters. The number of halogens is 1. The lowest BCUT2D eigenvalue weighted by Gasteiger charge is -2.20. The number of nitrogens with one attached hydrogen (secondary N) is 1. The molecule has 0 aliphatic heterocycles. The molecular formula is C38H29FN2O3. The Morgan fingerprint density at radius 3 is 2.16 bits per heavy atom. The lowest BCUT2D eigenvalue weighted by Crippen LogP contribution is -2.35. The summed E-state index contributed by atoms with van der Waals surface area (Å²) in [6.45, 7) is 0.572. The van der Waals surface area contributed by atoms with E-state index in [9.17, 15) is 19.1 Å². The number of hydrogen-bond acceptors (Lipinski definition) is 2. The lowest BCUT2D eigenvalue weighted by molar-refractivity contribution is 0.0696. The van der Waals surface area contributed by atoms with Crippen molar-refractivity contribution < 1.29 is 19.1 Å². The first-order valence-electron chi connectivity index (χ1n) is 14.6. The zero-order valence-corrected chi connectivity index (χ0v) is 23.8. The van der Waals surface area contributed by atoms with E-state index in [4.69, 9.17) is 0 Å². The van der Waals surface area contributed by atoms with Gasteiger partial charge in [0, 0.05) is 18.1 Å². The van der Waals surface area contributed by atoms with Crippen LogP contribution in [0.2, 0.25) is 0 Å². The molecule has 1 aliphatic carbocycles. The topological polar surface area (TPSA) is 71.3 Å². The molecule has 1 aromatic heterocycles. The van der Waals surface area contributed by atoms with Gasteiger partial charge in [0.1, 0.15) is 5.82 Å². The number of rotatable bonds is 8. The van der Waals surface area contributed by atoms with Crippen LogP contribution in [-0.4, -0.2) is 21.6 Å². The van der Waals surface area contributed by atoms with E-state index in [1.807, 2.05) is 42.6 Å². The predicted molar refractivity (Wildman–Crippen MR) is 170 cm³/mol. The third-order valence-corrected chi connectivity index (χ3v) is 8.46. The lowest BCUT2D eigenvalue weighted by atomic mass is 9.98. The minimum absolute atomic E-state index is 0.207. The van der Waals surface area contributed by atoms with Crippen LogP contribution in [0.25, 0.3) is 33.2 Å². The zero-order chi connectivity index (χ0) is 30.3. The van der Waals surface area contributed by atoms with E-state index in [0.29, 0.717) is 12.1 Å². The van der Waals surface area contributed by atoms with Crippen LogP contribution in [-0.2, 0) is 12.1 Å². The molecule has 216 valence electrons. The van der Waals surface area contributed by atoms with Crippen LogP contribution in [0, 0.1) is 5.82 Å². The van der Waals surface area contributed by atoms with Crippen molar-refractivity contribution in [2.24, 2.45) is 0 Å². The van der Waals surface area contributed by atoms with E-state index in [1.165, 1.54) is 12.1 Å². The van der Waals surface area contributed by atoms with Crippen LogP contribution in [0.15, 0.2) is 128 Å². The number of amides is 1. The molecule has 1 heterocycles.